The smallest absolute Gasteiger partial charge is 0.229 e. The second-order valence-electron chi connectivity index (χ2n) is 5.05. The van der Waals surface area contributed by atoms with E-state index in [-0.39, 0.29) is 12.3 Å². The van der Waals surface area contributed by atoms with Crippen LogP contribution >= 0.6 is 0 Å². The van der Waals surface area contributed by atoms with Gasteiger partial charge >= 0.3 is 0 Å². The molecule has 0 aliphatic carbocycles. The first-order valence-corrected chi connectivity index (χ1v) is 6.58. The van der Waals surface area contributed by atoms with Crippen LogP contribution in [0.15, 0.2) is 24.3 Å². The van der Waals surface area contributed by atoms with Gasteiger partial charge in [0.15, 0.2) is 0 Å². The maximum atomic E-state index is 11.9. The Hall–Kier alpha value is -1.55. The van der Waals surface area contributed by atoms with E-state index in [1.807, 2.05) is 18.2 Å². The zero-order valence-corrected chi connectivity index (χ0v) is 10.4. The van der Waals surface area contributed by atoms with E-state index < -0.39 is 6.10 Å². The highest BCUT2D eigenvalue weighted by Gasteiger charge is 2.31. The van der Waals surface area contributed by atoms with Gasteiger partial charge in [-0.1, -0.05) is 12.1 Å². The molecule has 1 aromatic carbocycles. The Bertz CT molecular complexity index is 455. The minimum Gasteiger partial charge on any atom is -0.391 e. The number of β-amino-alcohol motifs (C(OH)–C–C–N with tert-alkyl or cyclic N) is 1. The lowest BCUT2D eigenvalue weighted by atomic mass is 10.2. The number of anilines is 2. The zero-order chi connectivity index (χ0) is 12.5. The summed E-state index contributed by atoms with van der Waals surface area (Å²) in [7, 11) is 0. The molecule has 96 valence electrons. The number of nitrogens with zero attached hydrogens (tertiary/aromatic N) is 2. The largest absolute Gasteiger partial charge is 0.391 e. The van der Waals surface area contributed by atoms with E-state index in [0.29, 0.717) is 6.54 Å². The molecule has 18 heavy (non-hydrogen) atoms. The van der Waals surface area contributed by atoms with Crippen LogP contribution in [0.4, 0.5) is 11.4 Å². The Morgan fingerprint density at radius 2 is 1.78 bits per heavy atom. The van der Waals surface area contributed by atoms with Crippen molar-refractivity contribution < 1.29 is 9.90 Å². The van der Waals surface area contributed by atoms with Crippen LogP contribution in [0.25, 0.3) is 0 Å². The van der Waals surface area contributed by atoms with E-state index in [9.17, 15) is 9.90 Å². The van der Waals surface area contributed by atoms with Crippen molar-refractivity contribution in [1.29, 1.82) is 0 Å². The molecule has 0 aromatic heterocycles. The van der Waals surface area contributed by atoms with Crippen LogP contribution in [-0.2, 0) is 4.79 Å². The summed E-state index contributed by atoms with van der Waals surface area (Å²) < 4.78 is 0. The summed E-state index contributed by atoms with van der Waals surface area (Å²) in [5.41, 5.74) is 2.07. The Balaban J connectivity index is 1.93. The van der Waals surface area contributed by atoms with Crippen molar-refractivity contribution >= 4 is 17.3 Å². The molecule has 2 heterocycles. The third kappa shape index (κ3) is 1.97. The first-order chi connectivity index (χ1) is 8.75. The molecule has 2 aliphatic heterocycles. The molecule has 4 nitrogen and oxygen atoms in total. The third-order valence-electron chi connectivity index (χ3n) is 3.72. The number of carbonyl (C=O) groups excluding carboxylic acids is 1. The van der Waals surface area contributed by atoms with Crippen LogP contribution in [0.5, 0.6) is 0 Å². The van der Waals surface area contributed by atoms with E-state index in [1.54, 1.807) is 4.90 Å². The number of hydrogen-bond acceptors (Lipinski definition) is 3. The van der Waals surface area contributed by atoms with Crippen molar-refractivity contribution in [2.24, 2.45) is 0 Å². The Kier molecular flexibility index (Phi) is 2.96. The fourth-order valence-corrected chi connectivity index (χ4v) is 2.84. The summed E-state index contributed by atoms with van der Waals surface area (Å²) in [6.07, 6.45) is 2.15. The van der Waals surface area contributed by atoms with E-state index in [1.165, 1.54) is 12.8 Å². The van der Waals surface area contributed by atoms with Gasteiger partial charge in [0.25, 0.3) is 0 Å². The molecule has 1 N–H and O–H groups in total. The monoisotopic (exact) mass is 246 g/mol. The van der Waals surface area contributed by atoms with Gasteiger partial charge in [0.2, 0.25) is 5.91 Å². The van der Waals surface area contributed by atoms with E-state index in [4.69, 9.17) is 0 Å². The van der Waals surface area contributed by atoms with E-state index in [0.717, 1.165) is 24.5 Å². The third-order valence-corrected chi connectivity index (χ3v) is 3.72. The molecule has 0 radical (unpaired) electrons. The lowest BCUT2D eigenvalue weighted by Crippen LogP contribution is -2.28. The number of benzene rings is 1. The molecule has 1 unspecified atom stereocenters. The Morgan fingerprint density at radius 1 is 1.11 bits per heavy atom. The highest BCUT2D eigenvalue weighted by molar-refractivity contribution is 5.99. The lowest BCUT2D eigenvalue weighted by Gasteiger charge is -2.26. The van der Waals surface area contributed by atoms with E-state index in [2.05, 4.69) is 11.0 Å². The van der Waals surface area contributed by atoms with Gasteiger partial charge in [-0.05, 0) is 25.0 Å². The normalized spacial score (nSPS) is 24.1. The average molecular weight is 246 g/mol. The second kappa shape index (κ2) is 4.61. The highest BCUT2D eigenvalue weighted by atomic mass is 16.3. The van der Waals surface area contributed by atoms with Gasteiger partial charge in [0, 0.05) is 13.1 Å². The summed E-state index contributed by atoms with van der Waals surface area (Å²) in [4.78, 5) is 15.9. The summed E-state index contributed by atoms with van der Waals surface area (Å²) in [5.74, 6) is 0.0224. The van der Waals surface area contributed by atoms with Gasteiger partial charge in [-0.15, -0.1) is 0 Å². The number of para-hydroxylation sites is 2. The molecule has 4 heteroatoms. The number of hydrogen-bond donors (Lipinski definition) is 1. The van der Waals surface area contributed by atoms with Gasteiger partial charge in [0.05, 0.1) is 30.4 Å². The number of aliphatic hydroxyl groups is 1. The first-order valence-electron chi connectivity index (χ1n) is 6.58. The van der Waals surface area contributed by atoms with Crippen molar-refractivity contribution in [1.82, 2.24) is 0 Å². The molecule has 2 aliphatic rings. The lowest BCUT2D eigenvalue weighted by molar-refractivity contribution is -0.117. The molecule has 1 aromatic rings. The summed E-state index contributed by atoms with van der Waals surface area (Å²) in [6.45, 7) is 2.53. The van der Waals surface area contributed by atoms with Crippen LogP contribution in [-0.4, -0.2) is 36.8 Å². The van der Waals surface area contributed by atoms with Gasteiger partial charge in [-0.2, -0.15) is 0 Å². The molecule has 2 fully saturated rings. The van der Waals surface area contributed by atoms with Crippen molar-refractivity contribution in [3.05, 3.63) is 24.3 Å². The van der Waals surface area contributed by atoms with Crippen LogP contribution in [0, 0.1) is 0 Å². The summed E-state index contributed by atoms with van der Waals surface area (Å²) in [5, 5.41) is 9.61. The van der Waals surface area contributed by atoms with Gasteiger partial charge in [0.1, 0.15) is 0 Å². The van der Waals surface area contributed by atoms with Crippen molar-refractivity contribution in [3.63, 3.8) is 0 Å². The maximum Gasteiger partial charge on any atom is 0.229 e. The molecule has 0 spiro atoms. The molecule has 1 atom stereocenters. The predicted octanol–water partition coefficient (Wildman–Crippen LogP) is 1.38. The fraction of sp³-hybridized carbons (Fsp3) is 0.500. The SMILES string of the molecule is O=C1CC(O)CN1c1ccccc1N1CCCC1. The topological polar surface area (TPSA) is 43.8 Å². The van der Waals surface area contributed by atoms with Crippen LogP contribution in [0.1, 0.15) is 19.3 Å². The molecule has 0 saturated carbocycles. The van der Waals surface area contributed by atoms with Crippen molar-refractivity contribution in [2.75, 3.05) is 29.4 Å². The van der Waals surface area contributed by atoms with Gasteiger partial charge in [-0.3, -0.25) is 4.79 Å². The van der Waals surface area contributed by atoms with Crippen molar-refractivity contribution in [2.45, 2.75) is 25.4 Å². The van der Waals surface area contributed by atoms with Crippen LogP contribution < -0.4 is 9.80 Å². The van der Waals surface area contributed by atoms with Crippen LogP contribution in [0.3, 0.4) is 0 Å². The average Bonchev–Trinajstić information content (AvgIpc) is 2.99. The molecule has 3 rings (SSSR count). The second-order valence-corrected chi connectivity index (χ2v) is 5.05. The predicted molar refractivity (Wildman–Crippen MR) is 70.9 cm³/mol. The van der Waals surface area contributed by atoms with E-state index >= 15 is 0 Å². The molecule has 0 bridgehead atoms. The summed E-state index contributed by atoms with van der Waals surface area (Å²) in [6, 6.07) is 8.00. The molecule has 1 amide bonds. The van der Waals surface area contributed by atoms with Gasteiger partial charge < -0.3 is 14.9 Å². The number of amides is 1. The number of aliphatic hydroxyl groups excluding tert-OH is 1. The minimum absolute atomic E-state index is 0.0224. The Labute approximate surface area is 107 Å². The van der Waals surface area contributed by atoms with Gasteiger partial charge in [-0.25, -0.2) is 0 Å². The van der Waals surface area contributed by atoms with Crippen LogP contribution in [0.2, 0.25) is 0 Å². The number of rotatable bonds is 2. The summed E-state index contributed by atoms with van der Waals surface area (Å²) >= 11 is 0. The Morgan fingerprint density at radius 3 is 2.39 bits per heavy atom. The standard InChI is InChI=1S/C14H18N2O2/c17-11-9-14(18)16(10-11)13-6-2-1-5-12(13)15-7-3-4-8-15/h1-2,5-6,11,17H,3-4,7-10H2. The number of carbonyl (C=O) groups is 1. The zero-order valence-electron chi connectivity index (χ0n) is 10.4. The van der Waals surface area contributed by atoms with Crippen molar-refractivity contribution in [3.8, 4) is 0 Å². The highest BCUT2D eigenvalue weighted by Crippen LogP contribution is 2.33. The quantitative estimate of drug-likeness (QED) is 0.857. The fourth-order valence-electron chi connectivity index (χ4n) is 2.84. The molecular weight excluding hydrogens is 228 g/mol. The molecule has 2 saturated heterocycles. The minimum atomic E-state index is -0.524. The first kappa shape index (κ1) is 11.5. The molecular formula is C14H18N2O2. The maximum absolute atomic E-state index is 11.9.